The van der Waals surface area contributed by atoms with Gasteiger partial charge in [0.15, 0.2) is 5.75 Å². The number of hydrogen-bond acceptors (Lipinski definition) is 3. The summed E-state index contributed by atoms with van der Waals surface area (Å²) in [4.78, 5) is 0. The maximum atomic E-state index is 12.0. The summed E-state index contributed by atoms with van der Waals surface area (Å²) in [5.74, 6) is -0.491. The Morgan fingerprint density at radius 1 is 1.33 bits per heavy atom. The summed E-state index contributed by atoms with van der Waals surface area (Å²) in [7, 11) is 0. The van der Waals surface area contributed by atoms with E-state index in [1.165, 1.54) is 12.1 Å². The molecule has 1 aromatic rings. The smallest absolute Gasteiger partial charge is 0.403 e. The number of hydrogen-bond donors (Lipinski definition) is 2. The molecule has 15 heavy (non-hydrogen) atoms. The topological polar surface area (TPSA) is 61.3 Å². The van der Waals surface area contributed by atoms with Gasteiger partial charge in [-0.25, -0.2) is 0 Å². The van der Waals surface area contributed by atoms with Crippen LogP contribution in [0.1, 0.15) is 5.56 Å². The van der Waals surface area contributed by atoms with E-state index in [4.69, 9.17) is 23.1 Å². The van der Waals surface area contributed by atoms with Crippen LogP contribution in [0.15, 0.2) is 12.1 Å². The van der Waals surface area contributed by atoms with Crippen LogP contribution < -0.4 is 16.2 Å². The van der Waals surface area contributed by atoms with Gasteiger partial charge in [0.2, 0.25) is 0 Å². The zero-order valence-electron chi connectivity index (χ0n) is 7.44. The maximum absolute atomic E-state index is 12.0. The molecule has 1 rings (SSSR count). The van der Waals surface area contributed by atoms with Gasteiger partial charge in [0.1, 0.15) is 0 Å². The second-order valence-electron chi connectivity index (χ2n) is 2.74. The van der Waals surface area contributed by atoms with E-state index >= 15 is 0 Å². The van der Waals surface area contributed by atoms with Crippen molar-refractivity contribution in [2.45, 2.75) is 12.9 Å². The van der Waals surface area contributed by atoms with Crippen LogP contribution in [-0.4, -0.2) is 6.36 Å². The Kier molecular flexibility index (Phi) is 3.31. The first-order chi connectivity index (χ1) is 6.83. The SMILES string of the molecule is NCc1cc(Cl)cc(N)c1OC(F)(F)F. The van der Waals surface area contributed by atoms with Crippen LogP contribution in [0.4, 0.5) is 18.9 Å². The highest BCUT2D eigenvalue weighted by Gasteiger charge is 2.33. The van der Waals surface area contributed by atoms with Crippen LogP contribution in [0, 0.1) is 0 Å². The average molecular weight is 241 g/mol. The zero-order valence-corrected chi connectivity index (χ0v) is 8.19. The molecule has 0 radical (unpaired) electrons. The van der Waals surface area contributed by atoms with Crippen molar-refractivity contribution in [1.29, 1.82) is 0 Å². The lowest BCUT2D eigenvalue weighted by atomic mass is 10.2. The van der Waals surface area contributed by atoms with E-state index < -0.39 is 12.1 Å². The Morgan fingerprint density at radius 3 is 2.40 bits per heavy atom. The molecule has 0 amide bonds. The molecule has 0 aromatic heterocycles. The van der Waals surface area contributed by atoms with Gasteiger partial charge in [-0.05, 0) is 12.1 Å². The molecule has 0 aliphatic heterocycles. The Morgan fingerprint density at radius 2 is 1.93 bits per heavy atom. The quantitative estimate of drug-likeness (QED) is 0.780. The number of ether oxygens (including phenoxy) is 1. The molecule has 0 bridgehead atoms. The number of halogens is 4. The summed E-state index contributed by atoms with van der Waals surface area (Å²) in [5, 5.41) is 0.211. The molecule has 84 valence electrons. The second-order valence-corrected chi connectivity index (χ2v) is 3.17. The molecule has 1 aromatic carbocycles. The lowest BCUT2D eigenvalue weighted by Crippen LogP contribution is -2.19. The highest BCUT2D eigenvalue weighted by Crippen LogP contribution is 2.34. The van der Waals surface area contributed by atoms with Crippen molar-refractivity contribution in [3.8, 4) is 5.75 Å². The molecule has 0 atom stereocenters. The largest absolute Gasteiger partial charge is 0.573 e. The number of nitrogens with two attached hydrogens (primary N) is 2. The molecule has 0 fully saturated rings. The molecule has 0 spiro atoms. The molecule has 0 aliphatic rings. The Bertz CT molecular complexity index is 368. The van der Waals surface area contributed by atoms with Gasteiger partial charge in [0.25, 0.3) is 0 Å². The molecule has 0 saturated heterocycles. The van der Waals surface area contributed by atoms with Gasteiger partial charge in [-0.3, -0.25) is 0 Å². The van der Waals surface area contributed by atoms with Crippen molar-refractivity contribution in [2.75, 3.05) is 5.73 Å². The molecule has 0 unspecified atom stereocenters. The summed E-state index contributed by atoms with van der Waals surface area (Å²) in [6.07, 6.45) is -4.80. The van der Waals surface area contributed by atoms with Gasteiger partial charge in [0, 0.05) is 17.1 Å². The predicted octanol–water partition coefficient (Wildman–Crippen LogP) is 2.28. The zero-order chi connectivity index (χ0) is 11.6. The van der Waals surface area contributed by atoms with Gasteiger partial charge in [-0.1, -0.05) is 11.6 Å². The van der Waals surface area contributed by atoms with Crippen molar-refractivity contribution in [1.82, 2.24) is 0 Å². The van der Waals surface area contributed by atoms with E-state index in [2.05, 4.69) is 4.74 Å². The Labute approximate surface area is 88.8 Å². The van der Waals surface area contributed by atoms with Crippen molar-refractivity contribution in [2.24, 2.45) is 5.73 Å². The summed E-state index contributed by atoms with van der Waals surface area (Å²) in [6, 6.07) is 2.45. The molecule has 0 aliphatic carbocycles. The third-order valence-corrected chi connectivity index (χ3v) is 1.82. The van der Waals surface area contributed by atoms with Gasteiger partial charge >= 0.3 is 6.36 Å². The average Bonchev–Trinajstić information content (AvgIpc) is 2.07. The molecular formula is C8H8ClF3N2O. The minimum absolute atomic E-state index is 0.109. The van der Waals surface area contributed by atoms with Crippen LogP contribution in [0.2, 0.25) is 5.02 Å². The Balaban J connectivity index is 3.15. The molecule has 0 saturated carbocycles. The van der Waals surface area contributed by atoms with Crippen molar-refractivity contribution in [3.63, 3.8) is 0 Å². The molecular weight excluding hydrogens is 233 g/mol. The van der Waals surface area contributed by atoms with Crippen molar-refractivity contribution >= 4 is 17.3 Å². The highest BCUT2D eigenvalue weighted by atomic mass is 35.5. The van der Waals surface area contributed by atoms with Gasteiger partial charge < -0.3 is 16.2 Å². The second kappa shape index (κ2) is 4.16. The molecule has 0 heterocycles. The number of benzene rings is 1. The van der Waals surface area contributed by atoms with Crippen LogP contribution in [-0.2, 0) is 6.54 Å². The van der Waals surface area contributed by atoms with Gasteiger partial charge in [0.05, 0.1) is 5.69 Å². The predicted molar refractivity (Wildman–Crippen MR) is 50.4 cm³/mol. The first-order valence-electron chi connectivity index (χ1n) is 3.87. The number of nitrogen functional groups attached to an aromatic ring is 1. The fourth-order valence-electron chi connectivity index (χ4n) is 1.06. The third-order valence-electron chi connectivity index (χ3n) is 1.60. The van der Waals surface area contributed by atoms with E-state index in [-0.39, 0.29) is 22.8 Å². The van der Waals surface area contributed by atoms with E-state index in [0.29, 0.717) is 0 Å². The summed E-state index contributed by atoms with van der Waals surface area (Å²) < 4.78 is 39.7. The highest BCUT2D eigenvalue weighted by molar-refractivity contribution is 6.31. The normalized spacial score (nSPS) is 11.5. The summed E-state index contributed by atoms with van der Waals surface area (Å²) in [6.45, 7) is -0.143. The fourth-order valence-corrected chi connectivity index (χ4v) is 1.31. The van der Waals surface area contributed by atoms with E-state index in [1.54, 1.807) is 0 Å². The third kappa shape index (κ3) is 3.17. The molecule has 7 heteroatoms. The fraction of sp³-hybridized carbons (Fsp3) is 0.250. The van der Waals surface area contributed by atoms with Crippen LogP contribution in [0.25, 0.3) is 0 Å². The number of rotatable bonds is 2. The standard InChI is InChI=1S/C8H8ClF3N2O/c9-5-1-4(3-13)7(6(14)2-5)15-8(10,11)12/h1-2H,3,13-14H2. The lowest BCUT2D eigenvalue weighted by Gasteiger charge is -2.14. The minimum Gasteiger partial charge on any atom is -0.403 e. The van der Waals surface area contributed by atoms with Crippen LogP contribution in [0.3, 0.4) is 0 Å². The number of alkyl halides is 3. The van der Waals surface area contributed by atoms with E-state index in [1.807, 2.05) is 0 Å². The van der Waals surface area contributed by atoms with Gasteiger partial charge in [-0.15, -0.1) is 13.2 Å². The molecule has 4 N–H and O–H groups in total. The minimum atomic E-state index is -4.80. The monoisotopic (exact) mass is 240 g/mol. The van der Waals surface area contributed by atoms with Crippen LogP contribution >= 0.6 is 11.6 Å². The first kappa shape index (κ1) is 11.9. The van der Waals surface area contributed by atoms with E-state index in [9.17, 15) is 13.2 Å². The summed E-state index contributed by atoms with van der Waals surface area (Å²) in [5.41, 5.74) is 10.5. The first-order valence-corrected chi connectivity index (χ1v) is 4.25. The number of anilines is 1. The van der Waals surface area contributed by atoms with Crippen molar-refractivity contribution in [3.05, 3.63) is 22.7 Å². The molecule has 3 nitrogen and oxygen atoms in total. The van der Waals surface area contributed by atoms with E-state index in [0.717, 1.165) is 0 Å². The van der Waals surface area contributed by atoms with Crippen LogP contribution in [0.5, 0.6) is 5.75 Å². The summed E-state index contributed by atoms with van der Waals surface area (Å²) >= 11 is 5.60. The Hall–Kier alpha value is -1.14. The lowest BCUT2D eigenvalue weighted by molar-refractivity contribution is -0.274. The van der Waals surface area contributed by atoms with Gasteiger partial charge in [-0.2, -0.15) is 0 Å². The maximum Gasteiger partial charge on any atom is 0.573 e. The van der Waals surface area contributed by atoms with Crippen molar-refractivity contribution < 1.29 is 17.9 Å².